The van der Waals surface area contributed by atoms with Crippen LogP contribution < -0.4 is 5.32 Å². The number of ether oxygens (including phenoxy) is 7. The molecule has 10 nitrogen and oxygen atoms in total. The lowest BCUT2D eigenvalue weighted by molar-refractivity contribution is -0.150. The Bertz CT molecular complexity index is 760. The second-order valence-electron chi connectivity index (χ2n) is 9.47. The van der Waals surface area contributed by atoms with Crippen LogP contribution in [-0.2, 0) is 38.0 Å². The van der Waals surface area contributed by atoms with Gasteiger partial charge in [-0.15, -0.1) is 0 Å². The van der Waals surface area contributed by atoms with Crippen molar-refractivity contribution >= 4 is 17.6 Å². The molecule has 1 atom stereocenters. The second kappa shape index (κ2) is 26.6. The summed E-state index contributed by atoms with van der Waals surface area (Å²) in [4.78, 5) is 24.1. The van der Waals surface area contributed by atoms with E-state index in [2.05, 4.69) is 19.2 Å². The van der Waals surface area contributed by atoms with Gasteiger partial charge in [0.1, 0.15) is 13.2 Å². The van der Waals surface area contributed by atoms with Crippen LogP contribution in [0.3, 0.4) is 0 Å². The summed E-state index contributed by atoms with van der Waals surface area (Å²) in [5.74, 6) is -0.492. The minimum absolute atomic E-state index is 0.00653. The number of benzene rings is 1. The van der Waals surface area contributed by atoms with Gasteiger partial charge in [0.05, 0.1) is 77.6 Å². The van der Waals surface area contributed by atoms with Gasteiger partial charge in [0.15, 0.2) is 0 Å². The topological polar surface area (TPSA) is 111 Å². The average molecular weight is 584 g/mol. The molecule has 0 bridgehead atoms. The standard InChI is InChI=1S/C31H53NO9/c1-4-7-9-27(6-3)30(33)40-25-23-38-21-19-36-17-15-35-16-18-37-20-22-39-24-26-41-31(34)28-10-12-29(13-11-28)32-14-8-5-2/h10-13,27,32H,4-9,14-26H2,1-3H3. The molecule has 0 amide bonds. The Morgan fingerprint density at radius 3 is 1.56 bits per heavy atom. The van der Waals surface area contributed by atoms with Gasteiger partial charge < -0.3 is 38.5 Å². The monoisotopic (exact) mass is 583 g/mol. The molecule has 0 saturated heterocycles. The van der Waals surface area contributed by atoms with E-state index in [-0.39, 0.29) is 31.1 Å². The van der Waals surface area contributed by atoms with Crippen molar-refractivity contribution in [3.05, 3.63) is 29.8 Å². The van der Waals surface area contributed by atoms with E-state index >= 15 is 0 Å². The number of carbonyl (C=O) groups excluding carboxylic acids is 2. The van der Waals surface area contributed by atoms with Crippen LogP contribution >= 0.6 is 0 Å². The first-order chi connectivity index (χ1) is 20.1. The van der Waals surface area contributed by atoms with Crippen LogP contribution in [0.15, 0.2) is 24.3 Å². The molecule has 0 fully saturated rings. The Hall–Kier alpha value is -2.24. The summed E-state index contributed by atoms with van der Waals surface area (Å²) >= 11 is 0. The lowest BCUT2D eigenvalue weighted by Gasteiger charge is -2.13. The molecule has 1 rings (SSSR count). The highest BCUT2D eigenvalue weighted by Crippen LogP contribution is 2.14. The number of hydrogen-bond donors (Lipinski definition) is 1. The number of rotatable bonds is 28. The van der Waals surface area contributed by atoms with E-state index in [1.807, 2.05) is 19.1 Å². The minimum Gasteiger partial charge on any atom is -0.463 e. The van der Waals surface area contributed by atoms with Crippen molar-refractivity contribution in [1.29, 1.82) is 0 Å². The lowest BCUT2D eigenvalue weighted by atomic mass is 10.00. The number of anilines is 1. The van der Waals surface area contributed by atoms with Gasteiger partial charge in [-0.1, -0.05) is 40.0 Å². The molecule has 0 saturated carbocycles. The number of hydrogen-bond acceptors (Lipinski definition) is 10. The zero-order chi connectivity index (χ0) is 29.8. The fourth-order valence-electron chi connectivity index (χ4n) is 3.65. The van der Waals surface area contributed by atoms with Gasteiger partial charge in [-0.2, -0.15) is 0 Å². The summed E-state index contributed by atoms with van der Waals surface area (Å²) < 4.78 is 37.8. The predicted molar refractivity (Wildman–Crippen MR) is 158 cm³/mol. The fraction of sp³-hybridized carbons (Fsp3) is 0.742. The third-order valence-electron chi connectivity index (χ3n) is 6.13. The van der Waals surface area contributed by atoms with Crippen molar-refractivity contribution in [3.8, 4) is 0 Å². The van der Waals surface area contributed by atoms with Crippen molar-refractivity contribution in [2.45, 2.75) is 59.3 Å². The van der Waals surface area contributed by atoms with Gasteiger partial charge in [0, 0.05) is 12.2 Å². The summed E-state index contributed by atoms with van der Waals surface area (Å²) in [5, 5.41) is 3.31. The van der Waals surface area contributed by atoms with Crippen LogP contribution in [0.1, 0.15) is 69.7 Å². The molecule has 236 valence electrons. The zero-order valence-electron chi connectivity index (χ0n) is 25.5. The number of carbonyl (C=O) groups is 2. The smallest absolute Gasteiger partial charge is 0.338 e. The third-order valence-corrected chi connectivity index (χ3v) is 6.13. The van der Waals surface area contributed by atoms with Crippen molar-refractivity contribution in [2.75, 3.05) is 91.1 Å². The van der Waals surface area contributed by atoms with E-state index in [0.29, 0.717) is 71.6 Å². The SMILES string of the molecule is CCCCNc1ccc(C(=O)OCCOCCOCCOCCOCCOCCOC(=O)C(CC)CCCC)cc1. The molecule has 0 aliphatic carbocycles. The molecule has 0 aromatic heterocycles. The van der Waals surface area contributed by atoms with Crippen LogP contribution in [0.5, 0.6) is 0 Å². The van der Waals surface area contributed by atoms with Crippen LogP contribution in [0.2, 0.25) is 0 Å². The Morgan fingerprint density at radius 1 is 0.634 bits per heavy atom. The van der Waals surface area contributed by atoms with E-state index in [1.54, 1.807) is 12.1 Å². The molecule has 1 N–H and O–H groups in total. The first-order valence-electron chi connectivity index (χ1n) is 15.2. The Balaban J connectivity index is 1.83. The van der Waals surface area contributed by atoms with Crippen LogP contribution in [-0.4, -0.2) is 97.8 Å². The van der Waals surface area contributed by atoms with E-state index in [1.165, 1.54) is 0 Å². The van der Waals surface area contributed by atoms with Crippen LogP contribution in [0.4, 0.5) is 5.69 Å². The Labute approximate surface area is 246 Å². The van der Waals surface area contributed by atoms with Gasteiger partial charge in [0.25, 0.3) is 0 Å². The van der Waals surface area contributed by atoms with Gasteiger partial charge >= 0.3 is 11.9 Å². The second-order valence-corrected chi connectivity index (χ2v) is 9.47. The van der Waals surface area contributed by atoms with Crippen LogP contribution in [0.25, 0.3) is 0 Å². The summed E-state index contributed by atoms with van der Waals surface area (Å²) in [5.41, 5.74) is 1.51. The van der Waals surface area contributed by atoms with Gasteiger partial charge in [-0.3, -0.25) is 4.79 Å². The summed E-state index contributed by atoms with van der Waals surface area (Å²) in [6.07, 6.45) is 6.07. The zero-order valence-corrected chi connectivity index (χ0v) is 25.5. The predicted octanol–water partition coefficient (Wildman–Crippen LogP) is 4.90. The maximum atomic E-state index is 12.1. The fourth-order valence-corrected chi connectivity index (χ4v) is 3.65. The maximum absolute atomic E-state index is 12.1. The molecular formula is C31H53NO9. The molecule has 0 radical (unpaired) electrons. The van der Waals surface area contributed by atoms with Gasteiger partial charge in [0.2, 0.25) is 0 Å². The first kappa shape index (κ1) is 36.8. The molecule has 0 aliphatic heterocycles. The summed E-state index contributed by atoms with van der Waals surface area (Å²) in [7, 11) is 0. The summed E-state index contributed by atoms with van der Waals surface area (Å²) in [6.45, 7) is 12.0. The third kappa shape index (κ3) is 20.3. The van der Waals surface area contributed by atoms with E-state index in [9.17, 15) is 9.59 Å². The molecule has 1 aromatic rings. The Kier molecular flexibility index (Phi) is 23.9. The van der Waals surface area contributed by atoms with Crippen molar-refractivity contribution in [1.82, 2.24) is 0 Å². The van der Waals surface area contributed by atoms with E-state index in [0.717, 1.165) is 50.8 Å². The molecule has 1 unspecified atom stereocenters. The maximum Gasteiger partial charge on any atom is 0.338 e. The summed E-state index contributed by atoms with van der Waals surface area (Å²) in [6, 6.07) is 7.28. The number of esters is 2. The van der Waals surface area contributed by atoms with Gasteiger partial charge in [-0.25, -0.2) is 4.79 Å². The van der Waals surface area contributed by atoms with E-state index in [4.69, 9.17) is 33.2 Å². The van der Waals surface area contributed by atoms with Crippen molar-refractivity contribution in [3.63, 3.8) is 0 Å². The highest BCUT2D eigenvalue weighted by atomic mass is 16.6. The van der Waals surface area contributed by atoms with Crippen molar-refractivity contribution < 1.29 is 42.7 Å². The Morgan fingerprint density at radius 2 is 1.10 bits per heavy atom. The molecule has 0 heterocycles. The normalized spacial score (nSPS) is 11.8. The minimum atomic E-state index is -0.362. The van der Waals surface area contributed by atoms with Crippen LogP contribution in [0, 0.1) is 5.92 Å². The quantitative estimate of drug-likeness (QED) is 0.108. The van der Waals surface area contributed by atoms with Gasteiger partial charge in [-0.05, 0) is 43.5 Å². The molecule has 1 aromatic carbocycles. The molecule has 0 spiro atoms. The lowest BCUT2D eigenvalue weighted by Crippen LogP contribution is -2.20. The van der Waals surface area contributed by atoms with Crippen molar-refractivity contribution in [2.24, 2.45) is 5.92 Å². The molecule has 0 aliphatic rings. The average Bonchev–Trinajstić information content (AvgIpc) is 2.99. The molecular weight excluding hydrogens is 530 g/mol. The largest absolute Gasteiger partial charge is 0.463 e. The molecule has 41 heavy (non-hydrogen) atoms. The van der Waals surface area contributed by atoms with E-state index < -0.39 is 0 Å². The highest BCUT2D eigenvalue weighted by molar-refractivity contribution is 5.89. The molecule has 10 heteroatoms. The highest BCUT2D eigenvalue weighted by Gasteiger charge is 2.17. The number of unbranched alkanes of at least 4 members (excludes halogenated alkanes) is 2. The first-order valence-corrected chi connectivity index (χ1v) is 15.2. The number of nitrogens with one attached hydrogen (secondary N) is 1.